The van der Waals surface area contributed by atoms with E-state index in [9.17, 15) is 4.79 Å². The number of nitrogens with one attached hydrogen (secondary N) is 1. The molecule has 1 rings (SSSR count). The van der Waals surface area contributed by atoms with Gasteiger partial charge in [-0.25, -0.2) is 0 Å². The molecule has 0 aromatic heterocycles. The van der Waals surface area contributed by atoms with Crippen molar-refractivity contribution in [3.05, 3.63) is 29.8 Å². The van der Waals surface area contributed by atoms with Crippen LogP contribution in [-0.2, 0) is 4.79 Å². The molecule has 1 unspecified atom stereocenters. The molecule has 0 radical (unpaired) electrons. The minimum absolute atomic E-state index is 0.0442. The van der Waals surface area contributed by atoms with E-state index in [-0.39, 0.29) is 11.8 Å². The van der Waals surface area contributed by atoms with Gasteiger partial charge in [0.25, 0.3) is 0 Å². The summed E-state index contributed by atoms with van der Waals surface area (Å²) < 4.78 is 0. The maximum Gasteiger partial charge on any atom is 0.227 e. The van der Waals surface area contributed by atoms with Crippen LogP contribution in [0.2, 0.25) is 0 Å². The molecule has 1 amide bonds. The molecule has 1 atom stereocenters. The van der Waals surface area contributed by atoms with Gasteiger partial charge in [0.2, 0.25) is 5.91 Å². The lowest BCUT2D eigenvalue weighted by molar-refractivity contribution is -0.122. The van der Waals surface area contributed by atoms with Crippen LogP contribution in [0.3, 0.4) is 0 Å². The maximum atomic E-state index is 12.0. The molecular formula is C15H25N3O. The van der Waals surface area contributed by atoms with Crippen LogP contribution in [0.5, 0.6) is 0 Å². The molecule has 0 saturated carbocycles. The Hall–Kier alpha value is -1.55. The Kier molecular flexibility index (Phi) is 5.83. The van der Waals surface area contributed by atoms with Crippen LogP contribution in [0.1, 0.15) is 32.3 Å². The normalized spacial score (nSPS) is 12.7. The Morgan fingerprint density at radius 1 is 1.37 bits per heavy atom. The average Bonchev–Trinajstić information content (AvgIpc) is 2.37. The maximum absolute atomic E-state index is 12.0. The summed E-state index contributed by atoms with van der Waals surface area (Å²) in [4.78, 5) is 14.2. The van der Waals surface area contributed by atoms with E-state index in [1.165, 1.54) is 0 Å². The summed E-state index contributed by atoms with van der Waals surface area (Å²) in [5.41, 5.74) is 7.38. The third-order valence-corrected chi connectivity index (χ3v) is 3.45. The van der Waals surface area contributed by atoms with E-state index in [4.69, 9.17) is 5.73 Å². The summed E-state index contributed by atoms with van der Waals surface area (Å²) in [5, 5.41) is 2.96. The van der Waals surface area contributed by atoms with Crippen molar-refractivity contribution < 1.29 is 4.79 Å². The first-order valence-corrected chi connectivity index (χ1v) is 6.75. The molecule has 4 nitrogen and oxygen atoms in total. The first kappa shape index (κ1) is 15.5. The van der Waals surface area contributed by atoms with Gasteiger partial charge in [-0.05, 0) is 45.5 Å². The Morgan fingerprint density at radius 2 is 2.05 bits per heavy atom. The monoisotopic (exact) mass is 263 g/mol. The van der Waals surface area contributed by atoms with Crippen molar-refractivity contribution >= 4 is 11.6 Å². The van der Waals surface area contributed by atoms with Crippen molar-refractivity contribution in [3.63, 3.8) is 0 Å². The van der Waals surface area contributed by atoms with Crippen molar-refractivity contribution in [1.82, 2.24) is 10.2 Å². The summed E-state index contributed by atoms with van der Waals surface area (Å²) in [6, 6.07) is 7.97. The Bertz CT molecular complexity index is 418. The van der Waals surface area contributed by atoms with Crippen LogP contribution in [0.15, 0.2) is 24.3 Å². The molecule has 0 aliphatic carbocycles. The molecule has 0 bridgehead atoms. The van der Waals surface area contributed by atoms with Gasteiger partial charge in [0.1, 0.15) is 0 Å². The van der Waals surface area contributed by atoms with Crippen molar-refractivity contribution in [2.24, 2.45) is 0 Å². The smallest absolute Gasteiger partial charge is 0.227 e. The second-order valence-corrected chi connectivity index (χ2v) is 5.26. The first-order valence-electron chi connectivity index (χ1n) is 6.75. The van der Waals surface area contributed by atoms with E-state index in [0.717, 1.165) is 12.1 Å². The van der Waals surface area contributed by atoms with Gasteiger partial charge in [-0.3, -0.25) is 4.79 Å². The summed E-state index contributed by atoms with van der Waals surface area (Å²) in [5.74, 6) is -0.129. The molecule has 4 heteroatoms. The zero-order valence-electron chi connectivity index (χ0n) is 12.3. The van der Waals surface area contributed by atoms with Crippen LogP contribution in [0, 0.1) is 0 Å². The van der Waals surface area contributed by atoms with E-state index in [1.807, 2.05) is 31.2 Å². The third kappa shape index (κ3) is 4.91. The zero-order valence-corrected chi connectivity index (χ0v) is 12.3. The summed E-state index contributed by atoms with van der Waals surface area (Å²) >= 11 is 0. The molecule has 0 aliphatic heterocycles. The third-order valence-electron chi connectivity index (χ3n) is 3.45. The fourth-order valence-electron chi connectivity index (χ4n) is 1.75. The molecule has 1 aromatic carbocycles. The number of hydrogen-bond acceptors (Lipinski definition) is 3. The van der Waals surface area contributed by atoms with Crippen LogP contribution >= 0.6 is 0 Å². The second-order valence-electron chi connectivity index (χ2n) is 5.26. The van der Waals surface area contributed by atoms with Crippen LogP contribution in [0.4, 0.5) is 5.69 Å². The number of nitrogens with zero attached hydrogens (tertiary/aromatic N) is 1. The molecule has 0 spiro atoms. The Morgan fingerprint density at radius 3 is 2.63 bits per heavy atom. The van der Waals surface area contributed by atoms with Crippen LogP contribution in [-0.4, -0.2) is 37.0 Å². The van der Waals surface area contributed by atoms with E-state index in [0.29, 0.717) is 18.3 Å². The van der Waals surface area contributed by atoms with Crippen molar-refractivity contribution in [3.8, 4) is 0 Å². The van der Waals surface area contributed by atoms with Gasteiger partial charge in [0, 0.05) is 24.8 Å². The minimum Gasteiger partial charge on any atom is -0.399 e. The number of rotatable bonds is 6. The molecule has 0 saturated heterocycles. The van der Waals surface area contributed by atoms with Gasteiger partial charge >= 0.3 is 0 Å². The first-order chi connectivity index (χ1) is 8.91. The number of amides is 1. The van der Waals surface area contributed by atoms with E-state index >= 15 is 0 Å². The molecule has 0 heterocycles. The van der Waals surface area contributed by atoms with Crippen LogP contribution < -0.4 is 11.1 Å². The minimum atomic E-state index is -0.173. The number of nitrogen functional groups attached to an aromatic ring is 1. The standard InChI is InChI=1S/C15H25N3O/c1-11(2)18(4)9-8-17-15(19)12(3)13-6-5-7-14(16)10-13/h5-7,10-12H,8-9,16H2,1-4H3,(H,17,19). The summed E-state index contributed by atoms with van der Waals surface area (Å²) in [6.07, 6.45) is 0. The largest absolute Gasteiger partial charge is 0.399 e. The fourth-order valence-corrected chi connectivity index (χ4v) is 1.75. The summed E-state index contributed by atoms with van der Waals surface area (Å²) in [6.45, 7) is 7.69. The topological polar surface area (TPSA) is 58.4 Å². The fraction of sp³-hybridized carbons (Fsp3) is 0.533. The predicted octanol–water partition coefficient (Wildman–Crippen LogP) is 1.83. The molecule has 0 fully saturated rings. The number of anilines is 1. The molecular weight excluding hydrogens is 238 g/mol. The molecule has 1 aromatic rings. The van der Waals surface area contributed by atoms with Gasteiger partial charge in [0.05, 0.1) is 5.92 Å². The van der Waals surface area contributed by atoms with E-state index < -0.39 is 0 Å². The highest BCUT2D eigenvalue weighted by Gasteiger charge is 2.15. The van der Waals surface area contributed by atoms with Crippen molar-refractivity contribution in [2.45, 2.75) is 32.7 Å². The van der Waals surface area contributed by atoms with Gasteiger partial charge in [0.15, 0.2) is 0 Å². The number of likely N-dealkylation sites (N-methyl/N-ethyl adjacent to an activating group) is 1. The highest BCUT2D eigenvalue weighted by molar-refractivity contribution is 5.83. The van der Waals surface area contributed by atoms with Gasteiger partial charge < -0.3 is 16.0 Å². The van der Waals surface area contributed by atoms with Crippen molar-refractivity contribution in [1.29, 1.82) is 0 Å². The molecule has 3 N–H and O–H groups in total. The lowest BCUT2D eigenvalue weighted by Crippen LogP contribution is -2.37. The highest BCUT2D eigenvalue weighted by atomic mass is 16.1. The number of hydrogen-bond donors (Lipinski definition) is 2. The van der Waals surface area contributed by atoms with Crippen LogP contribution in [0.25, 0.3) is 0 Å². The summed E-state index contributed by atoms with van der Waals surface area (Å²) in [7, 11) is 2.05. The number of carbonyl (C=O) groups excluding carboxylic acids is 1. The van der Waals surface area contributed by atoms with Gasteiger partial charge in [-0.2, -0.15) is 0 Å². The number of nitrogens with two attached hydrogens (primary N) is 1. The van der Waals surface area contributed by atoms with E-state index in [1.54, 1.807) is 0 Å². The Labute approximate surface area is 116 Å². The predicted molar refractivity (Wildman–Crippen MR) is 80.0 cm³/mol. The van der Waals surface area contributed by atoms with Gasteiger partial charge in [-0.1, -0.05) is 12.1 Å². The van der Waals surface area contributed by atoms with E-state index in [2.05, 4.69) is 31.1 Å². The average molecular weight is 263 g/mol. The molecule has 106 valence electrons. The lowest BCUT2D eigenvalue weighted by atomic mass is 10.00. The van der Waals surface area contributed by atoms with Crippen molar-refractivity contribution in [2.75, 3.05) is 25.9 Å². The quantitative estimate of drug-likeness (QED) is 0.770. The van der Waals surface area contributed by atoms with Gasteiger partial charge in [-0.15, -0.1) is 0 Å². The highest BCUT2D eigenvalue weighted by Crippen LogP contribution is 2.17. The Balaban J connectivity index is 2.45. The lowest BCUT2D eigenvalue weighted by Gasteiger charge is -2.21. The SMILES string of the molecule is CC(C(=O)NCCN(C)C(C)C)c1cccc(N)c1. The molecule has 19 heavy (non-hydrogen) atoms. The number of carbonyl (C=O) groups is 1. The number of benzene rings is 1. The zero-order chi connectivity index (χ0) is 14.4. The second kappa shape index (κ2) is 7.14. The molecule has 0 aliphatic rings.